The molecule has 86 valence electrons. The molecule has 2 aromatic rings. The molecule has 0 amide bonds. The molecule has 1 heterocycles. The van der Waals surface area contributed by atoms with Crippen molar-refractivity contribution in [1.29, 1.82) is 0 Å². The average Bonchev–Trinajstić information content (AvgIpc) is 2.35. The molecular weight excluding hydrogens is 210 g/mol. The molecule has 0 spiro atoms. The standard InChI is InChI=1S/C15H16NO/c1-12-7-6-8-13(2)16(12)11-15(17)14-9-4-3-5-10-14/h3-10H,11H2,1-2H3/q+1. The number of rotatable bonds is 3. The van der Waals surface area contributed by atoms with Gasteiger partial charge < -0.3 is 0 Å². The van der Waals surface area contributed by atoms with Crippen LogP contribution in [0.25, 0.3) is 0 Å². The molecule has 0 unspecified atom stereocenters. The van der Waals surface area contributed by atoms with E-state index in [0.717, 1.165) is 17.0 Å². The van der Waals surface area contributed by atoms with Crippen molar-refractivity contribution in [1.82, 2.24) is 0 Å². The maximum absolute atomic E-state index is 12.1. The van der Waals surface area contributed by atoms with Gasteiger partial charge in [0.2, 0.25) is 12.3 Å². The number of aryl methyl sites for hydroxylation is 2. The Labute approximate surface area is 102 Å². The van der Waals surface area contributed by atoms with E-state index in [1.54, 1.807) is 0 Å². The van der Waals surface area contributed by atoms with Crippen molar-refractivity contribution in [3.8, 4) is 0 Å². The molecule has 0 aliphatic heterocycles. The lowest BCUT2D eigenvalue weighted by Gasteiger charge is -2.03. The van der Waals surface area contributed by atoms with Gasteiger partial charge in [-0.05, 0) is 6.07 Å². The summed E-state index contributed by atoms with van der Waals surface area (Å²) in [7, 11) is 0. The third-order valence-corrected chi connectivity index (χ3v) is 2.92. The van der Waals surface area contributed by atoms with Crippen LogP contribution in [-0.2, 0) is 6.54 Å². The highest BCUT2D eigenvalue weighted by Gasteiger charge is 2.16. The molecule has 2 nitrogen and oxygen atoms in total. The highest BCUT2D eigenvalue weighted by molar-refractivity contribution is 5.94. The number of benzene rings is 1. The first-order valence-corrected chi connectivity index (χ1v) is 5.73. The topological polar surface area (TPSA) is 20.9 Å². The van der Waals surface area contributed by atoms with Crippen LogP contribution in [0.3, 0.4) is 0 Å². The highest BCUT2D eigenvalue weighted by Crippen LogP contribution is 2.01. The van der Waals surface area contributed by atoms with Crippen molar-refractivity contribution in [3.63, 3.8) is 0 Å². The Morgan fingerprint density at radius 3 is 2.12 bits per heavy atom. The Hall–Kier alpha value is -1.96. The minimum absolute atomic E-state index is 0.146. The third kappa shape index (κ3) is 2.59. The average molecular weight is 226 g/mol. The molecule has 0 atom stereocenters. The molecule has 0 saturated carbocycles. The van der Waals surface area contributed by atoms with E-state index in [9.17, 15) is 4.79 Å². The monoisotopic (exact) mass is 226 g/mol. The van der Waals surface area contributed by atoms with Crippen LogP contribution in [0.2, 0.25) is 0 Å². The molecule has 0 N–H and O–H groups in total. The Kier molecular flexibility index (Phi) is 3.33. The van der Waals surface area contributed by atoms with Gasteiger partial charge in [0.1, 0.15) is 0 Å². The second-order valence-corrected chi connectivity index (χ2v) is 4.18. The van der Waals surface area contributed by atoms with Gasteiger partial charge in [0, 0.05) is 31.5 Å². The first kappa shape index (κ1) is 11.5. The number of pyridine rings is 1. The molecule has 2 heteroatoms. The maximum atomic E-state index is 12.1. The van der Waals surface area contributed by atoms with Crippen LogP contribution in [0.15, 0.2) is 48.5 Å². The van der Waals surface area contributed by atoms with E-state index >= 15 is 0 Å². The molecule has 0 aliphatic rings. The molecule has 1 aromatic carbocycles. The second-order valence-electron chi connectivity index (χ2n) is 4.18. The lowest BCUT2D eigenvalue weighted by Crippen LogP contribution is -2.43. The van der Waals surface area contributed by atoms with Crippen molar-refractivity contribution in [2.24, 2.45) is 0 Å². The third-order valence-electron chi connectivity index (χ3n) is 2.92. The fourth-order valence-electron chi connectivity index (χ4n) is 1.89. The summed E-state index contributed by atoms with van der Waals surface area (Å²) in [6, 6.07) is 15.5. The summed E-state index contributed by atoms with van der Waals surface area (Å²) >= 11 is 0. The summed E-state index contributed by atoms with van der Waals surface area (Å²) in [4.78, 5) is 12.1. The van der Waals surface area contributed by atoms with Crippen LogP contribution in [0.4, 0.5) is 0 Å². The number of aromatic nitrogens is 1. The maximum Gasteiger partial charge on any atom is 0.227 e. The zero-order valence-electron chi connectivity index (χ0n) is 10.2. The minimum Gasteiger partial charge on any atom is -0.287 e. The minimum atomic E-state index is 0.146. The van der Waals surface area contributed by atoms with Crippen LogP contribution in [0.5, 0.6) is 0 Å². The molecule has 0 radical (unpaired) electrons. The van der Waals surface area contributed by atoms with Crippen molar-refractivity contribution in [3.05, 3.63) is 65.5 Å². The normalized spacial score (nSPS) is 10.2. The Morgan fingerprint density at radius 2 is 1.53 bits per heavy atom. The first-order valence-electron chi connectivity index (χ1n) is 5.73. The summed E-state index contributed by atoms with van der Waals surface area (Å²) in [5.74, 6) is 0.146. The van der Waals surface area contributed by atoms with E-state index in [1.165, 1.54) is 0 Å². The number of Topliss-reactive ketones (excluding diaryl/α,β-unsaturated/α-hetero) is 1. The number of ketones is 1. The lowest BCUT2D eigenvalue weighted by molar-refractivity contribution is -0.695. The van der Waals surface area contributed by atoms with Crippen molar-refractivity contribution in [2.45, 2.75) is 20.4 Å². The van der Waals surface area contributed by atoms with Gasteiger partial charge in [-0.25, -0.2) is 0 Å². The summed E-state index contributed by atoms with van der Waals surface area (Å²) in [5.41, 5.74) is 2.98. The number of carbonyl (C=O) groups is 1. The van der Waals surface area contributed by atoms with Gasteiger partial charge in [-0.1, -0.05) is 30.3 Å². The van der Waals surface area contributed by atoms with Crippen LogP contribution in [0.1, 0.15) is 21.7 Å². The second kappa shape index (κ2) is 4.91. The van der Waals surface area contributed by atoms with Gasteiger partial charge in [-0.3, -0.25) is 4.79 Å². The van der Waals surface area contributed by atoms with E-state index in [0.29, 0.717) is 6.54 Å². The zero-order valence-corrected chi connectivity index (χ0v) is 10.2. The van der Waals surface area contributed by atoms with Crippen LogP contribution in [-0.4, -0.2) is 5.78 Å². The number of nitrogens with zero attached hydrogens (tertiary/aromatic N) is 1. The molecule has 0 bridgehead atoms. The van der Waals surface area contributed by atoms with Gasteiger partial charge in [0.15, 0.2) is 11.4 Å². The predicted octanol–water partition coefficient (Wildman–Crippen LogP) is 2.47. The van der Waals surface area contributed by atoms with Crippen molar-refractivity contribution >= 4 is 5.78 Å². The molecule has 17 heavy (non-hydrogen) atoms. The highest BCUT2D eigenvalue weighted by atomic mass is 16.1. The Balaban J connectivity index is 2.25. The van der Waals surface area contributed by atoms with E-state index in [4.69, 9.17) is 0 Å². The van der Waals surface area contributed by atoms with E-state index < -0.39 is 0 Å². The van der Waals surface area contributed by atoms with Gasteiger partial charge in [-0.15, -0.1) is 0 Å². The molecule has 2 rings (SSSR count). The van der Waals surface area contributed by atoms with Crippen LogP contribution >= 0.6 is 0 Å². The van der Waals surface area contributed by atoms with Crippen molar-refractivity contribution in [2.75, 3.05) is 0 Å². The molecular formula is C15H16NO+. The molecule has 0 aliphatic carbocycles. The summed E-state index contributed by atoms with van der Waals surface area (Å²) < 4.78 is 2.04. The SMILES string of the molecule is Cc1cccc(C)[n+]1CC(=O)c1ccccc1. The van der Waals surface area contributed by atoms with E-state index in [2.05, 4.69) is 0 Å². The van der Waals surface area contributed by atoms with Crippen LogP contribution < -0.4 is 4.57 Å². The Morgan fingerprint density at radius 1 is 0.941 bits per heavy atom. The Bertz CT molecular complexity index is 512. The van der Waals surface area contributed by atoms with E-state index in [-0.39, 0.29) is 5.78 Å². The van der Waals surface area contributed by atoms with Gasteiger partial charge in [-0.2, -0.15) is 4.57 Å². The zero-order chi connectivity index (χ0) is 12.3. The predicted molar refractivity (Wildman–Crippen MR) is 66.9 cm³/mol. The fraction of sp³-hybridized carbons (Fsp3) is 0.200. The number of carbonyl (C=O) groups excluding carboxylic acids is 1. The smallest absolute Gasteiger partial charge is 0.227 e. The summed E-state index contributed by atoms with van der Waals surface area (Å²) in [6.07, 6.45) is 0. The van der Waals surface area contributed by atoms with Gasteiger partial charge in [0.05, 0.1) is 0 Å². The molecule has 0 saturated heterocycles. The number of hydrogen-bond acceptors (Lipinski definition) is 1. The lowest BCUT2D eigenvalue weighted by atomic mass is 10.1. The summed E-state index contributed by atoms with van der Waals surface area (Å²) in [6.45, 7) is 4.44. The van der Waals surface area contributed by atoms with Gasteiger partial charge >= 0.3 is 0 Å². The van der Waals surface area contributed by atoms with Crippen LogP contribution in [0, 0.1) is 13.8 Å². The van der Waals surface area contributed by atoms with E-state index in [1.807, 2.05) is 66.9 Å². The first-order chi connectivity index (χ1) is 8.18. The quantitative estimate of drug-likeness (QED) is 0.582. The number of hydrogen-bond donors (Lipinski definition) is 0. The fourth-order valence-corrected chi connectivity index (χ4v) is 1.89. The molecule has 0 fully saturated rings. The summed E-state index contributed by atoms with van der Waals surface area (Å²) in [5, 5.41) is 0. The molecule has 1 aromatic heterocycles. The van der Waals surface area contributed by atoms with Crippen molar-refractivity contribution < 1.29 is 9.36 Å². The largest absolute Gasteiger partial charge is 0.287 e. The van der Waals surface area contributed by atoms with Gasteiger partial charge in [0.25, 0.3) is 0 Å².